The number of benzene rings is 1. The second kappa shape index (κ2) is 11.7. The number of nitrogens with zero attached hydrogens (tertiary/aromatic N) is 4. The van der Waals surface area contributed by atoms with Gasteiger partial charge in [-0.05, 0) is 31.9 Å². The van der Waals surface area contributed by atoms with Crippen LogP contribution in [0.15, 0.2) is 40.5 Å². The number of carbonyl (C=O) groups is 2. The van der Waals surface area contributed by atoms with Crippen molar-refractivity contribution in [2.75, 3.05) is 38.2 Å². The molecule has 13 heteroatoms. The molecule has 1 aromatic carbocycles. The lowest BCUT2D eigenvalue weighted by Crippen LogP contribution is -2.52. The van der Waals surface area contributed by atoms with Crippen LogP contribution in [0.1, 0.15) is 43.6 Å². The lowest BCUT2D eigenvalue weighted by Gasteiger charge is -2.39. The number of sulfone groups is 1. The highest BCUT2D eigenvalue weighted by Crippen LogP contribution is 2.33. The van der Waals surface area contributed by atoms with Gasteiger partial charge in [-0.25, -0.2) is 13.4 Å². The maximum Gasteiger partial charge on any atom is 0.280 e. The van der Waals surface area contributed by atoms with Crippen LogP contribution in [0.5, 0.6) is 0 Å². The molecule has 2 amide bonds. The molecule has 0 unspecified atom stereocenters. The topological polar surface area (TPSA) is 130 Å². The number of carbonyl (C=O) groups excluding carboxylic acids is 2. The average molecular weight is 576 g/mol. The Morgan fingerprint density at radius 3 is 2.62 bits per heavy atom. The second-order valence-corrected chi connectivity index (χ2v) is 13.5. The molecule has 2 saturated heterocycles. The summed E-state index contributed by atoms with van der Waals surface area (Å²) in [7, 11) is -3.34. The Labute approximate surface area is 232 Å². The van der Waals surface area contributed by atoms with Gasteiger partial charge in [0.15, 0.2) is 26.8 Å². The van der Waals surface area contributed by atoms with Crippen molar-refractivity contribution in [3.8, 4) is 0 Å². The first-order chi connectivity index (χ1) is 18.7. The SMILES string of the molecule is CC(=O)N1CCN(Cc2cnc(NC(=O)C(=NO[C@@H]3CCOC3)c3ccc(S(=O)(=O)C4CC4)cc3)s2)[C@@H](C)C1. The number of hydrogen-bond acceptors (Lipinski definition) is 10. The quantitative estimate of drug-likeness (QED) is 0.356. The van der Waals surface area contributed by atoms with Crippen LogP contribution in [0.2, 0.25) is 0 Å². The van der Waals surface area contributed by atoms with Crippen molar-refractivity contribution < 1.29 is 27.6 Å². The van der Waals surface area contributed by atoms with Crippen LogP contribution < -0.4 is 5.32 Å². The summed E-state index contributed by atoms with van der Waals surface area (Å²) in [4.78, 5) is 40.4. The molecule has 1 aliphatic carbocycles. The van der Waals surface area contributed by atoms with Gasteiger partial charge in [-0.15, -0.1) is 11.3 Å². The predicted molar refractivity (Wildman–Crippen MR) is 146 cm³/mol. The number of amides is 2. The van der Waals surface area contributed by atoms with Gasteiger partial charge in [0.1, 0.15) is 0 Å². The molecule has 0 radical (unpaired) electrons. The Balaban J connectivity index is 1.27. The van der Waals surface area contributed by atoms with E-state index in [0.717, 1.165) is 11.4 Å². The molecule has 1 N–H and O–H groups in total. The minimum Gasteiger partial charge on any atom is -0.389 e. The Morgan fingerprint density at radius 2 is 1.97 bits per heavy atom. The normalized spacial score (nSPS) is 22.6. The van der Waals surface area contributed by atoms with E-state index < -0.39 is 15.7 Å². The largest absolute Gasteiger partial charge is 0.389 e. The molecule has 39 heavy (non-hydrogen) atoms. The molecule has 210 valence electrons. The molecule has 2 aromatic rings. The lowest BCUT2D eigenvalue weighted by molar-refractivity contribution is -0.131. The Kier molecular flexibility index (Phi) is 8.31. The van der Waals surface area contributed by atoms with Crippen LogP contribution in [-0.4, -0.2) is 91.0 Å². The third-order valence-electron chi connectivity index (χ3n) is 7.16. The highest BCUT2D eigenvalue weighted by Gasteiger charge is 2.37. The molecule has 3 heterocycles. The monoisotopic (exact) mass is 575 g/mol. The number of aromatic nitrogens is 1. The minimum atomic E-state index is -3.34. The summed E-state index contributed by atoms with van der Waals surface area (Å²) in [5, 5.41) is 7.08. The second-order valence-electron chi connectivity index (χ2n) is 10.2. The maximum atomic E-state index is 13.3. The molecule has 2 aliphatic heterocycles. The number of oxime groups is 1. The number of hydrogen-bond donors (Lipinski definition) is 1. The summed E-state index contributed by atoms with van der Waals surface area (Å²) in [6, 6.07) is 6.40. The zero-order valence-corrected chi connectivity index (χ0v) is 23.7. The fraction of sp³-hybridized carbons (Fsp3) is 0.538. The van der Waals surface area contributed by atoms with E-state index in [9.17, 15) is 18.0 Å². The van der Waals surface area contributed by atoms with Crippen LogP contribution in [-0.2, 0) is 35.5 Å². The molecular weight excluding hydrogens is 542 g/mol. The third kappa shape index (κ3) is 6.65. The van der Waals surface area contributed by atoms with Gasteiger partial charge in [-0.1, -0.05) is 17.3 Å². The fourth-order valence-electron chi connectivity index (χ4n) is 4.63. The van der Waals surface area contributed by atoms with Gasteiger partial charge >= 0.3 is 0 Å². The van der Waals surface area contributed by atoms with Gasteiger partial charge in [0.05, 0.1) is 23.4 Å². The summed E-state index contributed by atoms with van der Waals surface area (Å²) >= 11 is 1.38. The van der Waals surface area contributed by atoms with Crippen LogP contribution in [0.25, 0.3) is 0 Å². The molecule has 2 atom stereocenters. The number of rotatable bonds is 9. The van der Waals surface area contributed by atoms with Crippen LogP contribution in [0.3, 0.4) is 0 Å². The van der Waals surface area contributed by atoms with E-state index in [0.29, 0.717) is 62.8 Å². The standard InChI is InChI=1S/C26H33N5O6S2/c1-17-14-31(18(2)32)11-10-30(17)15-21-13-27-26(38-21)28-25(33)24(29-37-20-9-12-36-16-20)19-3-5-22(6-4-19)39(34,35)23-7-8-23/h3-6,13,17,20,23H,7-12,14-16H2,1-2H3,(H,27,28,33)/t17-,20+/m0/s1. The Hall–Kier alpha value is -2.87. The van der Waals surface area contributed by atoms with E-state index in [4.69, 9.17) is 9.57 Å². The van der Waals surface area contributed by atoms with Crippen molar-refractivity contribution in [1.29, 1.82) is 0 Å². The number of anilines is 1. The molecule has 0 bridgehead atoms. The van der Waals surface area contributed by atoms with Gasteiger partial charge in [0.25, 0.3) is 5.91 Å². The predicted octanol–water partition coefficient (Wildman–Crippen LogP) is 2.28. The molecule has 5 rings (SSSR count). The van der Waals surface area contributed by atoms with Gasteiger partial charge < -0.3 is 14.5 Å². The van der Waals surface area contributed by atoms with E-state index in [-0.39, 0.29) is 33.9 Å². The molecule has 3 aliphatic rings. The van der Waals surface area contributed by atoms with Crippen LogP contribution in [0.4, 0.5) is 5.13 Å². The Morgan fingerprint density at radius 1 is 1.21 bits per heavy atom. The molecule has 3 fully saturated rings. The fourth-order valence-corrected chi connectivity index (χ4v) is 7.12. The van der Waals surface area contributed by atoms with Crippen LogP contribution >= 0.6 is 11.3 Å². The van der Waals surface area contributed by atoms with Crippen LogP contribution in [0, 0.1) is 0 Å². The minimum absolute atomic E-state index is 0.0306. The Bertz CT molecular complexity index is 1330. The summed E-state index contributed by atoms with van der Waals surface area (Å²) in [5.74, 6) is -0.415. The van der Waals surface area contributed by atoms with Gasteiger partial charge in [0, 0.05) is 62.2 Å². The van der Waals surface area contributed by atoms with Gasteiger partial charge in [-0.2, -0.15) is 0 Å². The van der Waals surface area contributed by atoms with Crippen molar-refractivity contribution >= 4 is 43.8 Å². The highest BCUT2D eigenvalue weighted by molar-refractivity contribution is 7.92. The summed E-state index contributed by atoms with van der Waals surface area (Å²) < 4.78 is 30.5. The van der Waals surface area contributed by atoms with Gasteiger partial charge in [-0.3, -0.25) is 19.8 Å². The summed E-state index contributed by atoms with van der Waals surface area (Å²) in [6.07, 6.45) is 3.52. The third-order valence-corrected chi connectivity index (χ3v) is 10.3. The van der Waals surface area contributed by atoms with E-state index in [1.54, 1.807) is 25.3 Å². The van der Waals surface area contributed by atoms with E-state index in [1.165, 1.54) is 23.5 Å². The highest BCUT2D eigenvalue weighted by atomic mass is 32.2. The number of piperazine rings is 1. The van der Waals surface area contributed by atoms with Gasteiger partial charge in [0.2, 0.25) is 5.91 Å². The molecule has 0 spiro atoms. The number of ether oxygens (including phenoxy) is 1. The number of nitrogens with one attached hydrogen (secondary N) is 1. The molecule has 1 aromatic heterocycles. The first kappa shape index (κ1) is 27.7. The lowest BCUT2D eigenvalue weighted by atomic mass is 10.1. The summed E-state index contributed by atoms with van der Waals surface area (Å²) in [5.41, 5.74) is 0.470. The van der Waals surface area contributed by atoms with Crippen molar-refractivity contribution in [1.82, 2.24) is 14.8 Å². The average Bonchev–Trinajstić information content (AvgIpc) is 3.49. The van der Waals surface area contributed by atoms with Crippen molar-refractivity contribution in [2.24, 2.45) is 5.16 Å². The zero-order chi connectivity index (χ0) is 27.6. The molecular formula is C26H33N5O6S2. The van der Waals surface area contributed by atoms with E-state index in [1.807, 2.05) is 4.90 Å². The first-order valence-corrected chi connectivity index (χ1v) is 15.5. The van der Waals surface area contributed by atoms with Crippen molar-refractivity contribution in [2.45, 2.75) is 61.9 Å². The molecule has 1 saturated carbocycles. The summed E-state index contributed by atoms with van der Waals surface area (Å²) in [6.45, 7) is 7.47. The smallest absolute Gasteiger partial charge is 0.280 e. The molecule has 11 nitrogen and oxygen atoms in total. The maximum absolute atomic E-state index is 13.3. The van der Waals surface area contributed by atoms with Crippen molar-refractivity contribution in [3.63, 3.8) is 0 Å². The zero-order valence-electron chi connectivity index (χ0n) is 22.0. The first-order valence-electron chi connectivity index (χ1n) is 13.1. The number of thiazole rings is 1. The van der Waals surface area contributed by atoms with E-state index >= 15 is 0 Å². The van der Waals surface area contributed by atoms with Crippen molar-refractivity contribution in [3.05, 3.63) is 40.9 Å². The van der Waals surface area contributed by atoms with E-state index in [2.05, 4.69) is 27.3 Å².